The van der Waals surface area contributed by atoms with Gasteiger partial charge in [-0.05, 0) is 18.2 Å². The Kier molecular flexibility index (Phi) is 2.18. The molecular formula is C10H11N3O. The van der Waals surface area contributed by atoms with Gasteiger partial charge in [0.25, 0.3) is 0 Å². The van der Waals surface area contributed by atoms with E-state index in [0.29, 0.717) is 6.42 Å². The van der Waals surface area contributed by atoms with Gasteiger partial charge in [-0.25, -0.2) is 0 Å². The number of amides is 1. The fraction of sp³-hybridized carbons (Fsp3) is 0.200. The van der Waals surface area contributed by atoms with Crippen LogP contribution in [0.3, 0.4) is 0 Å². The fourth-order valence-electron chi connectivity index (χ4n) is 1.26. The molecule has 2 aromatic rings. The normalized spacial score (nSPS) is 10.4. The number of rotatable bonds is 2. The third-order valence-electron chi connectivity index (χ3n) is 2.05. The van der Waals surface area contributed by atoms with Crippen LogP contribution in [0.15, 0.2) is 24.4 Å². The highest BCUT2D eigenvalue weighted by molar-refractivity contribution is 5.93. The molecule has 0 atom stereocenters. The monoisotopic (exact) mass is 189 g/mol. The number of carbonyl (C=O) groups excluding carboxylic acids is 1. The van der Waals surface area contributed by atoms with Gasteiger partial charge in [0.15, 0.2) is 0 Å². The van der Waals surface area contributed by atoms with E-state index in [4.69, 9.17) is 0 Å². The Balaban J connectivity index is 2.30. The average Bonchev–Trinajstić information content (AvgIpc) is 2.64. The van der Waals surface area contributed by atoms with E-state index >= 15 is 0 Å². The summed E-state index contributed by atoms with van der Waals surface area (Å²) in [5.41, 5.74) is 1.73. The predicted octanol–water partition coefficient (Wildman–Crippen LogP) is 1.91. The van der Waals surface area contributed by atoms with Crippen molar-refractivity contribution in [2.75, 3.05) is 5.32 Å². The van der Waals surface area contributed by atoms with E-state index in [-0.39, 0.29) is 5.91 Å². The van der Waals surface area contributed by atoms with Gasteiger partial charge in [-0.1, -0.05) is 6.92 Å². The van der Waals surface area contributed by atoms with E-state index in [9.17, 15) is 4.79 Å². The number of H-pyrrole nitrogens is 1. The molecule has 0 aliphatic rings. The van der Waals surface area contributed by atoms with Crippen molar-refractivity contribution in [1.82, 2.24) is 10.2 Å². The SMILES string of the molecule is CCC(=O)Nc1ccc2cn[nH]c2c1. The lowest BCUT2D eigenvalue weighted by Gasteiger charge is -2.02. The van der Waals surface area contributed by atoms with Crippen molar-refractivity contribution in [2.45, 2.75) is 13.3 Å². The summed E-state index contributed by atoms with van der Waals surface area (Å²) in [5, 5.41) is 10.6. The predicted molar refractivity (Wildman–Crippen MR) is 55.0 cm³/mol. The molecule has 1 heterocycles. The zero-order valence-corrected chi connectivity index (χ0v) is 7.87. The molecule has 2 N–H and O–H groups in total. The van der Waals surface area contributed by atoms with Gasteiger partial charge >= 0.3 is 0 Å². The highest BCUT2D eigenvalue weighted by atomic mass is 16.1. The minimum absolute atomic E-state index is 0.0175. The van der Waals surface area contributed by atoms with Crippen LogP contribution < -0.4 is 5.32 Å². The van der Waals surface area contributed by atoms with Crippen LogP contribution in [0.4, 0.5) is 5.69 Å². The second kappa shape index (κ2) is 3.49. The Hall–Kier alpha value is -1.84. The molecule has 0 aliphatic heterocycles. The molecule has 0 saturated carbocycles. The molecule has 4 nitrogen and oxygen atoms in total. The summed E-state index contributed by atoms with van der Waals surface area (Å²) < 4.78 is 0. The van der Waals surface area contributed by atoms with Crippen LogP contribution >= 0.6 is 0 Å². The topological polar surface area (TPSA) is 57.8 Å². The van der Waals surface area contributed by atoms with Crippen LogP contribution in [0.1, 0.15) is 13.3 Å². The van der Waals surface area contributed by atoms with Crippen molar-refractivity contribution in [2.24, 2.45) is 0 Å². The molecule has 0 bridgehead atoms. The quantitative estimate of drug-likeness (QED) is 0.758. The Morgan fingerprint density at radius 1 is 1.57 bits per heavy atom. The molecule has 1 aromatic carbocycles. The van der Waals surface area contributed by atoms with Gasteiger partial charge in [0.1, 0.15) is 0 Å². The standard InChI is InChI=1S/C10H11N3O/c1-2-10(14)12-8-4-3-7-6-11-13-9(7)5-8/h3-6H,2H2,1H3,(H,11,13)(H,12,14). The number of hydrogen-bond donors (Lipinski definition) is 2. The summed E-state index contributed by atoms with van der Waals surface area (Å²) in [7, 11) is 0. The molecule has 0 fully saturated rings. The summed E-state index contributed by atoms with van der Waals surface area (Å²) in [6.07, 6.45) is 2.24. The molecule has 0 unspecified atom stereocenters. The van der Waals surface area contributed by atoms with Gasteiger partial charge < -0.3 is 5.32 Å². The maximum Gasteiger partial charge on any atom is 0.224 e. The minimum Gasteiger partial charge on any atom is -0.326 e. The second-order valence-electron chi connectivity index (χ2n) is 3.07. The fourth-order valence-corrected chi connectivity index (χ4v) is 1.26. The molecule has 0 saturated heterocycles. The van der Waals surface area contributed by atoms with Gasteiger partial charge in [0, 0.05) is 17.5 Å². The number of hydrogen-bond acceptors (Lipinski definition) is 2. The van der Waals surface area contributed by atoms with E-state index in [1.54, 1.807) is 6.20 Å². The highest BCUT2D eigenvalue weighted by Crippen LogP contribution is 2.16. The van der Waals surface area contributed by atoms with E-state index in [1.165, 1.54) is 0 Å². The Labute approximate surface area is 81.3 Å². The molecule has 2 rings (SSSR count). The number of aromatic nitrogens is 2. The van der Waals surface area contributed by atoms with Gasteiger partial charge in [0.2, 0.25) is 5.91 Å². The number of fused-ring (bicyclic) bond motifs is 1. The summed E-state index contributed by atoms with van der Waals surface area (Å²) >= 11 is 0. The van der Waals surface area contributed by atoms with Crippen LogP contribution in [-0.4, -0.2) is 16.1 Å². The lowest BCUT2D eigenvalue weighted by molar-refractivity contribution is -0.115. The van der Waals surface area contributed by atoms with E-state index in [0.717, 1.165) is 16.6 Å². The number of aromatic amines is 1. The molecular weight excluding hydrogens is 178 g/mol. The lowest BCUT2D eigenvalue weighted by atomic mass is 10.2. The number of anilines is 1. The van der Waals surface area contributed by atoms with Crippen molar-refractivity contribution < 1.29 is 4.79 Å². The van der Waals surface area contributed by atoms with Crippen LogP contribution in [0.25, 0.3) is 10.9 Å². The lowest BCUT2D eigenvalue weighted by Crippen LogP contribution is -2.08. The molecule has 0 radical (unpaired) electrons. The first-order valence-electron chi connectivity index (χ1n) is 4.52. The smallest absolute Gasteiger partial charge is 0.224 e. The second-order valence-corrected chi connectivity index (χ2v) is 3.07. The largest absolute Gasteiger partial charge is 0.326 e. The molecule has 14 heavy (non-hydrogen) atoms. The number of carbonyl (C=O) groups is 1. The zero-order chi connectivity index (χ0) is 9.97. The maximum absolute atomic E-state index is 11.1. The summed E-state index contributed by atoms with van der Waals surface area (Å²) in [6, 6.07) is 5.66. The first-order valence-corrected chi connectivity index (χ1v) is 4.52. The first kappa shape index (κ1) is 8.74. The van der Waals surface area contributed by atoms with Crippen molar-refractivity contribution in [3.05, 3.63) is 24.4 Å². The molecule has 0 aliphatic carbocycles. The highest BCUT2D eigenvalue weighted by Gasteiger charge is 2.00. The maximum atomic E-state index is 11.1. The van der Waals surface area contributed by atoms with Gasteiger partial charge in [0.05, 0.1) is 11.7 Å². The van der Waals surface area contributed by atoms with E-state index in [2.05, 4.69) is 15.5 Å². The van der Waals surface area contributed by atoms with Crippen molar-refractivity contribution in [3.8, 4) is 0 Å². The Bertz CT molecular complexity index is 461. The van der Waals surface area contributed by atoms with Crippen LogP contribution in [-0.2, 0) is 4.79 Å². The minimum atomic E-state index is 0.0175. The van der Waals surface area contributed by atoms with Crippen LogP contribution in [0.2, 0.25) is 0 Å². The van der Waals surface area contributed by atoms with Gasteiger partial charge in [-0.3, -0.25) is 9.89 Å². The molecule has 1 amide bonds. The van der Waals surface area contributed by atoms with Gasteiger partial charge in [-0.2, -0.15) is 5.10 Å². The summed E-state index contributed by atoms with van der Waals surface area (Å²) in [4.78, 5) is 11.1. The van der Waals surface area contributed by atoms with Crippen molar-refractivity contribution in [1.29, 1.82) is 0 Å². The third kappa shape index (κ3) is 1.59. The van der Waals surface area contributed by atoms with Crippen LogP contribution in [0.5, 0.6) is 0 Å². The molecule has 0 spiro atoms. The average molecular weight is 189 g/mol. The summed E-state index contributed by atoms with van der Waals surface area (Å²) in [5.74, 6) is 0.0175. The molecule has 72 valence electrons. The molecule has 1 aromatic heterocycles. The van der Waals surface area contributed by atoms with Gasteiger partial charge in [-0.15, -0.1) is 0 Å². The van der Waals surface area contributed by atoms with Crippen molar-refractivity contribution in [3.63, 3.8) is 0 Å². The number of nitrogens with zero attached hydrogens (tertiary/aromatic N) is 1. The molecule has 4 heteroatoms. The Morgan fingerprint density at radius 3 is 3.21 bits per heavy atom. The van der Waals surface area contributed by atoms with Crippen molar-refractivity contribution >= 4 is 22.5 Å². The number of benzene rings is 1. The van der Waals surface area contributed by atoms with Crippen LogP contribution in [0, 0.1) is 0 Å². The zero-order valence-electron chi connectivity index (χ0n) is 7.87. The van der Waals surface area contributed by atoms with E-state index < -0.39 is 0 Å². The first-order chi connectivity index (χ1) is 6.79. The Morgan fingerprint density at radius 2 is 2.43 bits per heavy atom. The number of nitrogens with one attached hydrogen (secondary N) is 2. The third-order valence-corrected chi connectivity index (χ3v) is 2.05. The van der Waals surface area contributed by atoms with E-state index in [1.807, 2.05) is 25.1 Å². The summed E-state index contributed by atoms with van der Waals surface area (Å²) in [6.45, 7) is 1.82.